The summed E-state index contributed by atoms with van der Waals surface area (Å²) in [4.78, 5) is 49.9. The van der Waals surface area contributed by atoms with E-state index in [-0.39, 0.29) is 36.5 Å². The van der Waals surface area contributed by atoms with Gasteiger partial charge in [-0.3, -0.25) is 14.4 Å². The zero-order chi connectivity index (χ0) is 24.2. The number of carbonyl (C=O) groups excluding carboxylic acids is 4. The molecule has 0 spiro atoms. The second kappa shape index (κ2) is 9.90. The van der Waals surface area contributed by atoms with Gasteiger partial charge in [-0.15, -0.1) is 0 Å². The summed E-state index contributed by atoms with van der Waals surface area (Å²) in [5.41, 5.74) is 7.51. The van der Waals surface area contributed by atoms with Crippen molar-refractivity contribution < 1.29 is 23.9 Å². The van der Waals surface area contributed by atoms with Crippen molar-refractivity contribution in [2.45, 2.75) is 6.54 Å². The first-order chi connectivity index (χ1) is 16.4. The van der Waals surface area contributed by atoms with Crippen molar-refractivity contribution in [2.24, 2.45) is 5.73 Å². The summed E-state index contributed by atoms with van der Waals surface area (Å²) in [6, 6.07) is 12.3. The molecule has 0 fully saturated rings. The molecule has 174 valence electrons. The van der Waals surface area contributed by atoms with Gasteiger partial charge in [0.1, 0.15) is 6.61 Å². The number of hydrogen-bond donors (Lipinski definition) is 3. The zero-order valence-electron chi connectivity index (χ0n) is 18.0. The number of ether oxygens (including phenoxy) is 1. The largest absolute Gasteiger partial charge is 0.456 e. The van der Waals surface area contributed by atoms with Crippen molar-refractivity contribution in [3.05, 3.63) is 82.1 Å². The first kappa shape index (κ1) is 23.2. The standard InChI is InChI=1S/C24H21ClN4O5/c25-15-6-4-14(5-7-15)11-29-12-18(22(31)24(33)28-16-10-20(30)34-13-16)21-17(2-1-3-19(21)29)23(32)27-9-8-26/h1-7,10,12H,8-9,11,13,26H2,(H,27,32)(H,28,33). The second-order valence-electron chi connectivity index (χ2n) is 7.60. The Bertz CT molecular complexity index is 1330. The lowest BCUT2D eigenvalue weighted by Crippen LogP contribution is -2.31. The van der Waals surface area contributed by atoms with Gasteiger partial charge in [0, 0.05) is 53.4 Å². The van der Waals surface area contributed by atoms with Crippen molar-refractivity contribution in [2.75, 3.05) is 19.7 Å². The number of cyclic esters (lactones) is 1. The third-order valence-electron chi connectivity index (χ3n) is 5.23. The lowest BCUT2D eigenvalue weighted by molar-refractivity contribution is -0.135. The number of nitrogens with two attached hydrogens (primary N) is 1. The van der Waals surface area contributed by atoms with E-state index < -0.39 is 23.6 Å². The van der Waals surface area contributed by atoms with Crippen LogP contribution in [-0.2, 0) is 20.9 Å². The molecule has 0 atom stereocenters. The molecule has 9 nitrogen and oxygen atoms in total. The van der Waals surface area contributed by atoms with Crippen LogP contribution < -0.4 is 16.4 Å². The van der Waals surface area contributed by atoms with Crippen molar-refractivity contribution in [1.82, 2.24) is 15.2 Å². The number of carbonyl (C=O) groups is 4. The molecule has 1 aliphatic heterocycles. The van der Waals surface area contributed by atoms with E-state index >= 15 is 0 Å². The molecule has 0 aliphatic carbocycles. The second-order valence-corrected chi connectivity index (χ2v) is 8.04. The Balaban J connectivity index is 1.76. The first-order valence-corrected chi connectivity index (χ1v) is 10.8. The number of nitrogens with zero attached hydrogens (tertiary/aromatic N) is 1. The fraction of sp³-hybridized carbons (Fsp3) is 0.167. The maximum Gasteiger partial charge on any atom is 0.333 e. The lowest BCUT2D eigenvalue weighted by Gasteiger charge is -2.09. The van der Waals surface area contributed by atoms with Gasteiger partial charge in [0.2, 0.25) is 0 Å². The molecule has 0 bridgehead atoms. The van der Waals surface area contributed by atoms with Crippen LogP contribution in [0.5, 0.6) is 0 Å². The summed E-state index contributed by atoms with van der Waals surface area (Å²) in [5, 5.41) is 6.05. The molecule has 34 heavy (non-hydrogen) atoms. The van der Waals surface area contributed by atoms with Gasteiger partial charge >= 0.3 is 5.97 Å². The number of ketones is 1. The van der Waals surface area contributed by atoms with Crippen molar-refractivity contribution >= 4 is 46.1 Å². The van der Waals surface area contributed by atoms with E-state index in [1.807, 2.05) is 12.1 Å². The van der Waals surface area contributed by atoms with E-state index in [0.717, 1.165) is 11.6 Å². The number of halogens is 1. The van der Waals surface area contributed by atoms with Crippen LogP contribution in [0.2, 0.25) is 5.02 Å². The molecule has 0 radical (unpaired) electrons. The van der Waals surface area contributed by atoms with Crippen LogP contribution in [0.4, 0.5) is 0 Å². The van der Waals surface area contributed by atoms with Crippen molar-refractivity contribution in [3.8, 4) is 0 Å². The zero-order valence-corrected chi connectivity index (χ0v) is 18.7. The molecule has 4 rings (SSSR count). The van der Waals surface area contributed by atoms with Gasteiger partial charge in [-0.05, 0) is 29.8 Å². The number of amides is 2. The van der Waals surface area contributed by atoms with E-state index in [2.05, 4.69) is 10.6 Å². The van der Waals surface area contributed by atoms with Crippen LogP contribution in [-0.4, -0.2) is 47.8 Å². The molecule has 4 N–H and O–H groups in total. The van der Waals surface area contributed by atoms with Gasteiger partial charge in [-0.1, -0.05) is 29.8 Å². The summed E-state index contributed by atoms with van der Waals surface area (Å²) >= 11 is 5.98. The molecule has 0 saturated carbocycles. The molecular weight excluding hydrogens is 460 g/mol. The van der Waals surface area contributed by atoms with E-state index in [1.165, 1.54) is 0 Å². The van der Waals surface area contributed by atoms with E-state index in [1.54, 1.807) is 41.1 Å². The first-order valence-electron chi connectivity index (χ1n) is 10.4. The van der Waals surface area contributed by atoms with Gasteiger partial charge in [0.15, 0.2) is 0 Å². The highest BCUT2D eigenvalue weighted by atomic mass is 35.5. The Morgan fingerprint density at radius 1 is 1.09 bits per heavy atom. The summed E-state index contributed by atoms with van der Waals surface area (Å²) in [7, 11) is 0. The number of hydrogen-bond acceptors (Lipinski definition) is 6. The minimum atomic E-state index is -0.938. The molecule has 0 saturated heterocycles. The van der Waals surface area contributed by atoms with Crippen LogP contribution in [0.1, 0.15) is 26.3 Å². The van der Waals surface area contributed by atoms with Crippen LogP contribution in [0.15, 0.2) is 60.4 Å². The van der Waals surface area contributed by atoms with Gasteiger partial charge < -0.3 is 25.7 Å². The van der Waals surface area contributed by atoms with Gasteiger partial charge in [0.25, 0.3) is 17.6 Å². The van der Waals surface area contributed by atoms with Crippen LogP contribution in [0, 0.1) is 0 Å². The molecule has 2 heterocycles. The highest BCUT2D eigenvalue weighted by molar-refractivity contribution is 6.45. The predicted octanol–water partition coefficient (Wildman–Crippen LogP) is 1.77. The van der Waals surface area contributed by atoms with Crippen LogP contribution in [0.25, 0.3) is 10.9 Å². The number of benzene rings is 2. The Morgan fingerprint density at radius 3 is 2.53 bits per heavy atom. The Kier molecular flexibility index (Phi) is 6.76. The smallest absolute Gasteiger partial charge is 0.333 e. The number of Topliss-reactive ketones (excluding diaryl/α,β-unsaturated/α-hetero) is 1. The average molecular weight is 481 g/mol. The average Bonchev–Trinajstić information content (AvgIpc) is 3.41. The summed E-state index contributed by atoms with van der Waals surface area (Å²) in [5.74, 6) is -2.79. The third-order valence-corrected chi connectivity index (χ3v) is 5.49. The third kappa shape index (κ3) is 4.85. The van der Waals surface area contributed by atoms with Crippen LogP contribution in [0.3, 0.4) is 0 Å². The van der Waals surface area contributed by atoms with E-state index in [9.17, 15) is 19.2 Å². The topological polar surface area (TPSA) is 133 Å². The Morgan fingerprint density at radius 2 is 1.85 bits per heavy atom. The van der Waals surface area contributed by atoms with E-state index in [0.29, 0.717) is 22.5 Å². The molecule has 2 amide bonds. The minimum Gasteiger partial charge on any atom is -0.456 e. The quantitative estimate of drug-likeness (QED) is 0.256. The fourth-order valence-corrected chi connectivity index (χ4v) is 3.81. The fourth-order valence-electron chi connectivity index (χ4n) is 3.68. The monoisotopic (exact) mass is 480 g/mol. The normalized spacial score (nSPS) is 12.9. The molecule has 10 heteroatoms. The number of aromatic nitrogens is 1. The van der Waals surface area contributed by atoms with Crippen LogP contribution >= 0.6 is 11.6 Å². The van der Waals surface area contributed by atoms with Gasteiger partial charge in [-0.25, -0.2) is 4.79 Å². The van der Waals surface area contributed by atoms with E-state index in [4.69, 9.17) is 22.1 Å². The number of fused-ring (bicyclic) bond motifs is 1. The number of rotatable bonds is 8. The number of esters is 1. The molecular formula is C24H21ClN4O5. The highest BCUT2D eigenvalue weighted by Crippen LogP contribution is 2.27. The summed E-state index contributed by atoms with van der Waals surface area (Å²) in [6.45, 7) is 0.767. The molecule has 1 aliphatic rings. The maximum absolute atomic E-state index is 13.2. The summed E-state index contributed by atoms with van der Waals surface area (Å²) < 4.78 is 6.55. The molecule has 2 aromatic carbocycles. The van der Waals surface area contributed by atoms with Gasteiger partial charge in [0.05, 0.1) is 11.3 Å². The SMILES string of the molecule is NCCNC(=O)c1cccc2c1c(C(=O)C(=O)NC1=CC(=O)OC1)cn2Cc1ccc(Cl)cc1. The maximum atomic E-state index is 13.2. The molecule has 1 aromatic heterocycles. The highest BCUT2D eigenvalue weighted by Gasteiger charge is 2.27. The Labute approximate surface area is 199 Å². The van der Waals surface area contributed by atoms with Crippen molar-refractivity contribution in [3.63, 3.8) is 0 Å². The summed E-state index contributed by atoms with van der Waals surface area (Å²) in [6.07, 6.45) is 2.66. The number of nitrogens with one attached hydrogen (secondary N) is 2. The Hall–Kier alpha value is -3.95. The van der Waals surface area contributed by atoms with Gasteiger partial charge in [-0.2, -0.15) is 0 Å². The molecule has 3 aromatic rings. The lowest BCUT2D eigenvalue weighted by atomic mass is 10.0. The minimum absolute atomic E-state index is 0.0609. The predicted molar refractivity (Wildman–Crippen MR) is 125 cm³/mol. The van der Waals surface area contributed by atoms with Crippen molar-refractivity contribution in [1.29, 1.82) is 0 Å². The molecule has 0 unspecified atom stereocenters.